The van der Waals surface area contributed by atoms with Crippen LogP contribution in [-0.4, -0.2) is 45.0 Å². The monoisotopic (exact) mass is 595 g/mol. The third-order valence-corrected chi connectivity index (χ3v) is 6.79. The fourth-order valence-electron chi connectivity index (χ4n) is 4.53. The van der Waals surface area contributed by atoms with Crippen molar-refractivity contribution in [2.24, 2.45) is 10.2 Å². The van der Waals surface area contributed by atoms with Crippen LogP contribution in [0.1, 0.15) is 32.8 Å². The maximum atomic E-state index is 13.7. The third-order valence-electron chi connectivity index (χ3n) is 6.79. The number of halogens is 1. The number of carbonyl (C=O) groups is 2. The second-order valence-corrected chi connectivity index (χ2v) is 9.88. The van der Waals surface area contributed by atoms with Crippen molar-refractivity contribution in [1.29, 1.82) is 0 Å². The number of azo groups is 1. The first-order valence-corrected chi connectivity index (χ1v) is 13.6. The maximum absolute atomic E-state index is 13.7. The van der Waals surface area contributed by atoms with E-state index in [1.807, 2.05) is 0 Å². The number of nitrogens with two attached hydrogens (primary N) is 1. The highest BCUT2D eigenvalue weighted by Gasteiger charge is 2.14. The first-order valence-electron chi connectivity index (χ1n) is 13.6. The Morgan fingerprint density at radius 2 is 1.93 bits per heavy atom. The van der Waals surface area contributed by atoms with Gasteiger partial charge in [0, 0.05) is 35.6 Å². The summed E-state index contributed by atoms with van der Waals surface area (Å²) in [6, 6.07) is 14.4. The number of hydrogen-bond donors (Lipinski definition) is 7. The van der Waals surface area contributed by atoms with Gasteiger partial charge in [0.05, 0.1) is 39.6 Å². The van der Waals surface area contributed by atoms with E-state index in [1.54, 1.807) is 43.3 Å². The van der Waals surface area contributed by atoms with Gasteiger partial charge < -0.3 is 36.8 Å². The highest BCUT2D eigenvalue weighted by Crippen LogP contribution is 2.35. The van der Waals surface area contributed by atoms with Gasteiger partial charge in [-0.05, 0) is 55.8 Å². The molecule has 0 radical (unpaired) electrons. The Morgan fingerprint density at radius 3 is 2.70 bits per heavy atom. The van der Waals surface area contributed by atoms with Crippen molar-refractivity contribution in [2.75, 3.05) is 29.5 Å². The topological polar surface area (TPSA) is 186 Å². The lowest BCUT2D eigenvalue weighted by atomic mass is 10.2. The quantitative estimate of drug-likeness (QED) is 0.0725. The number of nitrogen functional groups attached to an aromatic ring is 1. The number of carbonyl (C=O) groups excluding carboxylic acids is 2. The van der Waals surface area contributed by atoms with Gasteiger partial charge in [-0.15, -0.1) is 5.11 Å². The van der Waals surface area contributed by atoms with Crippen LogP contribution in [0.5, 0.6) is 5.88 Å². The second kappa shape index (κ2) is 12.9. The van der Waals surface area contributed by atoms with Gasteiger partial charge >= 0.3 is 0 Å². The molecule has 0 fully saturated rings. The maximum Gasteiger partial charge on any atom is 0.257 e. The van der Waals surface area contributed by atoms with Crippen LogP contribution in [0.4, 0.5) is 27.3 Å². The first-order chi connectivity index (χ1) is 21.2. The lowest BCUT2D eigenvalue weighted by Gasteiger charge is -2.09. The molecule has 0 bridgehead atoms. The van der Waals surface area contributed by atoms with Gasteiger partial charge in [0.1, 0.15) is 11.6 Å². The molecule has 5 aromatic rings. The molecule has 0 spiro atoms. The number of aromatic hydroxyl groups is 1. The van der Waals surface area contributed by atoms with Gasteiger partial charge in [-0.25, -0.2) is 9.37 Å². The minimum Gasteiger partial charge on any atom is -0.493 e. The van der Waals surface area contributed by atoms with Crippen molar-refractivity contribution >= 4 is 58.4 Å². The van der Waals surface area contributed by atoms with Crippen LogP contribution < -0.4 is 32.3 Å². The number of amides is 2. The van der Waals surface area contributed by atoms with Crippen molar-refractivity contribution < 1.29 is 19.1 Å². The van der Waals surface area contributed by atoms with Gasteiger partial charge in [-0.1, -0.05) is 18.7 Å². The van der Waals surface area contributed by atoms with Crippen LogP contribution in [0, 0.1) is 12.7 Å². The summed E-state index contributed by atoms with van der Waals surface area (Å²) in [6.45, 7) is 6.68. The Morgan fingerprint density at radius 1 is 1.11 bits per heavy atom. The number of rotatable bonds is 10. The summed E-state index contributed by atoms with van der Waals surface area (Å²) in [5.41, 5.74) is 8.88. The van der Waals surface area contributed by atoms with Crippen LogP contribution in [0.2, 0.25) is 0 Å². The molecule has 5 rings (SSSR count). The number of fused-ring (bicyclic) bond motifs is 1. The molecule has 3 heterocycles. The summed E-state index contributed by atoms with van der Waals surface area (Å²) in [7, 11) is 0. The lowest BCUT2D eigenvalue weighted by Crippen LogP contribution is -2.32. The number of aromatic nitrogens is 3. The summed E-state index contributed by atoms with van der Waals surface area (Å²) in [5, 5.41) is 28.2. The van der Waals surface area contributed by atoms with Crippen molar-refractivity contribution in [2.45, 2.75) is 13.3 Å². The largest absolute Gasteiger partial charge is 0.493 e. The molecule has 44 heavy (non-hydrogen) atoms. The van der Waals surface area contributed by atoms with Crippen LogP contribution in [0.25, 0.3) is 23.7 Å². The predicted molar refractivity (Wildman–Crippen MR) is 168 cm³/mol. The number of anilines is 3. The molecule has 13 heteroatoms. The van der Waals surface area contributed by atoms with Crippen LogP contribution >= 0.6 is 0 Å². The average Bonchev–Trinajstić information content (AvgIpc) is 3.47. The molecule has 3 aromatic heterocycles. The Bertz CT molecular complexity index is 1980. The smallest absolute Gasteiger partial charge is 0.257 e. The third kappa shape index (κ3) is 6.57. The zero-order chi connectivity index (χ0) is 31.2. The number of nitrogens with zero attached hydrogens (tertiary/aromatic N) is 3. The van der Waals surface area contributed by atoms with Crippen LogP contribution in [0.15, 0.2) is 71.0 Å². The highest BCUT2D eigenvalue weighted by molar-refractivity contribution is 6.05. The van der Waals surface area contributed by atoms with Crippen molar-refractivity contribution in [3.8, 4) is 5.88 Å². The number of pyridine rings is 1. The van der Waals surface area contributed by atoms with E-state index in [1.165, 1.54) is 30.6 Å². The molecule has 8 N–H and O–H groups in total. The Kier molecular flexibility index (Phi) is 8.65. The molecule has 0 aliphatic heterocycles. The minimum absolute atomic E-state index is 0.0986. The highest BCUT2D eigenvalue weighted by atomic mass is 19.1. The van der Waals surface area contributed by atoms with E-state index < -0.39 is 5.82 Å². The van der Waals surface area contributed by atoms with Crippen LogP contribution in [-0.2, 0) is 0 Å². The molecule has 0 unspecified atom stereocenters. The predicted octanol–water partition coefficient (Wildman–Crippen LogP) is 4.04. The molecule has 2 amide bonds. The molecule has 0 aliphatic rings. The zero-order valence-corrected chi connectivity index (χ0v) is 23.7. The van der Waals surface area contributed by atoms with E-state index in [-0.39, 0.29) is 23.4 Å². The first kappa shape index (κ1) is 29.5. The fraction of sp³-hybridized carbons (Fsp3) is 0.129. The Balaban J connectivity index is 1.12. The van der Waals surface area contributed by atoms with Gasteiger partial charge in [0.2, 0.25) is 5.88 Å². The summed E-state index contributed by atoms with van der Waals surface area (Å²) < 4.78 is 13.7. The van der Waals surface area contributed by atoms with Gasteiger partial charge in [0.15, 0.2) is 5.69 Å². The standard InChI is InChI=1S/C31H30FN9O3/c1-17-25(16-37-41-28-21-14-20(32)9-10-23(21)39-31(28)44)38-18(2)27(17)30(43)35-13-5-12-34-26-11-8-19(15-36-26)29(42)40-24-7-4-3-6-22(24)33/h3-4,6-11,14-16,38-39,44H,1,5,12-13,33H2,2H3,(H,34,36)(H,35,43)(H,40,42). The van der Waals surface area contributed by atoms with Crippen molar-refractivity contribution in [1.82, 2.24) is 20.3 Å². The molecule has 0 atom stereocenters. The molecule has 0 saturated carbocycles. The molecule has 0 aliphatic carbocycles. The summed E-state index contributed by atoms with van der Waals surface area (Å²) in [6.07, 6.45) is 3.47. The van der Waals surface area contributed by atoms with Crippen LogP contribution in [0.3, 0.4) is 0 Å². The van der Waals surface area contributed by atoms with Gasteiger partial charge in [-0.3, -0.25) is 9.59 Å². The van der Waals surface area contributed by atoms with E-state index in [9.17, 15) is 19.1 Å². The number of H-pyrrole nitrogens is 2. The second-order valence-electron chi connectivity index (χ2n) is 9.88. The van der Waals surface area contributed by atoms with Crippen molar-refractivity contribution in [3.05, 3.63) is 94.0 Å². The number of para-hydroxylation sites is 2. The van der Waals surface area contributed by atoms with Gasteiger partial charge in [0.25, 0.3) is 11.8 Å². The average molecular weight is 596 g/mol. The lowest BCUT2D eigenvalue weighted by molar-refractivity contribution is 0.0951. The fourth-order valence-corrected chi connectivity index (χ4v) is 4.53. The number of hydrogen-bond acceptors (Lipinski definition) is 8. The number of aryl methyl sites for hydroxylation is 1. The molecule has 12 nitrogen and oxygen atoms in total. The van der Waals surface area contributed by atoms with E-state index in [0.717, 1.165) is 0 Å². The summed E-state index contributed by atoms with van der Waals surface area (Å²) >= 11 is 0. The van der Waals surface area contributed by atoms with E-state index in [2.05, 4.69) is 47.7 Å². The molecule has 2 aromatic carbocycles. The number of aromatic amines is 2. The van der Waals surface area contributed by atoms with Gasteiger partial charge in [-0.2, -0.15) is 5.11 Å². The number of benzene rings is 2. The summed E-state index contributed by atoms with van der Waals surface area (Å²) in [5.74, 6) is -0.721. The van der Waals surface area contributed by atoms with Crippen molar-refractivity contribution in [3.63, 3.8) is 0 Å². The van der Waals surface area contributed by atoms with E-state index >= 15 is 0 Å². The molecular weight excluding hydrogens is 565 g/mol. The summed E-state index contributed by atoms with van der Waals surface area (Å²) in [4.78, 5) is 35.4. The van der Waals surface area contributed by atoms with E-state index in [4.69, 9.17) is 5.73 Å². The molecule has 224 valence electrons. The minimum atomic E-state index is -0.467. The Hall–Kier alpha value is -5.98. The number of nitrogens with one attached hydrogen (secondary N) is 5. The van der Waals surface area contributed by atoms with E-state index in [0.29, 0.717) is 75.0 Å². The SMILES string of the molecule is C=c1c(C(=O)NCCCNc2ccc(C(=O)Nc3ccccc3N)cn2)c(C)[nH]c1=CN=Nc1c(O)[nH]c2ccc(F)cc12. The zero-order valence-electron chi connectivity index (χ0n) is 23.7. The molecular formula is C31H30FN9O3. The molecule has 0 saturated heterocycles. The Labute approximate surface area is 250 Å². The normalized spacial score (nSPS) is 11.7.